The van der Waals surface area contributed by atoms with Crippen LogP contribution >= 0.6 is 0 Å². The second-order valence-corrected chi connectivity index (χ2v) is 16.8. The Hall–Kier alpha value is -6.35. The summed E-state index contributed by atoms with van der Waals surface area (Å²) in [6.07, 6.45) is 3.49. The molecule has 0 bridgehead atoms. The van der Waals surface area contributed by atoms with E-state index in [9.17, 15) is 14.4 Å². The van der Waals surface area contributed by atoms with Crippen LogP contribution in [-0.2, 0) is 21.4 Å². The Balaban J connectivity index is 0.885. The van der Waals surface area contributed by atoms with E-state index in [1.165, 1.54) is 0 Å². The number of hydrogen-bond acceptors (Lipinski definition) is 11. The van der Waals surface area contributed by atoms with Crippen molar-refractivity contribution in [1.29, 1.82) is 0 Å². The highest BCUT2D eigenvalue weighted by Gasteiger charge is 2.30. The predicted octanol–water partition coefficient (Wildman–Crippen LogP) is 6.50. The molecule has 6 heterocycles. The van der Waals surface area contributed by atoms with Gasteiger partial charge in [0, 0.05) is 90.8 Å². The zero-order valence-corrected chi connectivity index (χ0v) is 34.7. The molecule has 0 saturated carbocycles. The minimum absolute atomic E-state index is 0.0730. The maximum Gasteiger partial charge on any atom is 0.293 e. The maximum absolute atomic E-state index is 16.1. The number of halogens is 1. The van der Waals surface area contributed by atoms with Crippen molar-refractivity contribution in [2.75, 3.05) is 37.6 Å². The molecule has 0 spiro atoms. The fraction of sp³-hybridized carbons (Fsp3) is 0.378. The molecule has 6 aromatic rings. The molecule has 310 valence electrons. The zero-order chi connectivity index (χ0) is 42.3. The van der Waals surface area contributed by atoms with Gasteiger partial charge in [-0.1, -0.05) is 50.2 Å². The quantitative estimate of drug-likeness (QED) is 0.129. The van der Waals surface area contributed by atoms with Gasteiger partial charge in [0.15, 0.2) is 5.65 Å². The lowest BCUT2D eigenvalue weighted by Crippen LogP contribution is -2.47. The molecule has 2 unspecified atom stereocenters. The second kappa shape index (κ2) is 16.4. The van der Waals surface area contributed by atoms with Crippen LogP contribution < -0.4 is 15.5 Å². The minimum Gasteiger partial charge on any atom is -0.369 e. The van der Waals surface area contributed by atoms with Gasteiger partial charge >= 0.3 is 0 Å². The van der Waals surface area contributed by atoms with E-state index in [1.807, 2.05) is 45.9 Å². The molecule has 2 aromatic carbocycles. The van der Waals surface area contributed by atoms with E-state index in [2.05, 4.69) is 70.0 Å². The highest BCUT2D eigenvalue weighted by Crippen LogP contribution is 2.35. The fourth-order valence-corrected chi connectivity index (χ4v) is 8.07. The van der Waals surface area contributed by atoms with Crippen molar-refractivity contribution in [2.45, 2.75) is 78.2 Å². The van der Waals surface area contributed by atoms with Gasteiger partial charge in [0.05, 0.1) is 12.0 Å². The monoisotopic (exact) mass is 812 g/mol. The molecular formula is C45H49FN10O4. The maximum atomic E-state index is 16.1. The molecule has 0 aliphatic carbocycles. The lowest BCUT2D eigenvalue weighted by Gasteiger charge is -2.36. The molecule has 2 atom stereocenters. The molecule has 2 aliphatic rings. The van der Waals surface area contributed by atoms with Crippen LogP contribution in [0.3, 0.4) is 0 Å². The number of fused-ring (bicyclic) bond motifs is 1. The van der Waals surface area contributed by atoms with Crippen molar-refractivity contribution in [3.63, 3.8) is 0 Å². The highest BCUT2D eigenvalue weighted by atomic mass is 19.1. The van der Waals surface area contributed by atoms with Gasteiger partial charge in [0.1, 0.15) is 11.5 Å². The van der Waals surface area contributed by atoms with Crippen LogP contribution in [0.15, 0.2) is 65.3 Å². The first kappa shape index (κ1) is 40.4. The summed E-state index contributed by atoms with van der Waals surface area (Å²) in [5.41, 5.74) is 7.70. The number of piperazine rings is 1. The Morgan fingerprint density at radius 2 is 1.77 bits per heavy atom. The summed E-state index contributed by atoms with van der Waals surface area (Å²) < 4.78 is 21.4. The van der Waals surface area contributed by atoms with Crippen molar-refractivity contribution < 1.29 is 23.3 Å². The first-order valence-electron chi connectivity index (χ1n) is 20.4. The smallest absolute Gasteiger partial charge is 0.293 e. The Labute approximate surface area is 347 Å². The number of nitrogens with one attached hydrogen (secondary N) is 3. The number of nitrogens with zero attached hydrogens (tertiary/aromatic N) is 7. The Kier molecular flexibility index (Phi) is 11.0. The van der Waals surface area contributed by atoms with Crippen molar-refractivity contribution in [3.05, 3.63) is 106 Å². The van der Waals surface area contributed by atoms with Gasteiger partial charge < -0.3 is 14.7 Å². The van der Waals surface area contributed by atoms with E-state index in [-0.39, 0.29) is 23.6 Å². The standard InChI is InChI=1S/C45H49FN10O4/c1-25-32(26(2)49-43(59)41-51-44(60-54-41)45(4,5)6)13-14-35(38(25)46)39-36-23-29(24-47-40(36)53-52-39)28-7-10-31(11-8-28)56-21-19-55(20-22-56)18-17-30-9-12-33(27(3)48-30)34-15-16-37(57)50-42(34)58/h7-14,23-24,26,34H,15-22H2,1-6H3,(H,49,59)(H,47,52,53)(H,50,57,58). The van der Waals surface area contributed by atoms with Crippen LogP contribution in [0.1, 0.15) is 97.1 Å². The molecule has 8 rings (SSSR count). The summed E-state index contributed by atoms with van der Waals surface area (Å²) in [6, 6.07) is 17.4. The van der Waals surface area contributed by atoms with Gasteiger partial charge in [0.25, 0.3) is 11.7 Å². The van der Waals surface area contributed by atoms with E-state index >= 15 is 4.39 Å². The number of aromatic nitrogens is 6. The van der Waals surface area contributed by atoms with Gasteiger partial charge in [-0.15, -0.1) is 0 Å². The molecular weight excluding hydrogens is 764 g/mol. The van der Waals surface area contributed by atoms with Crippen molar-refractivity contribution >= 4 is 34.4 Å². The molecule has 15 heteroatoms. The van der Waals surface area contributed by atoms with Gasteiger partial charge in [0.2, 0.25) is 17.7 Å². The van der Waals surface area contributed by atoms with Crippen LogP contribution in [0.5, 0.6) is 0 Å². The number of imide groups is 1. The molecule has 2 fully saturated rings. The van der Waals surface area contributed by atoms with E-state index in [0.717, 1.165) is 72.9 Å². The van der Waals surface area contributed by atoms with Gasteiger partial charge in [-0.05, 0) is 79.8 Å². The third-order valence-corrected chi connectivity index (χ3v) is 11.6. The molecule has 14 nitrogen and oxygen atoms in total. The average Bonchev–Trinajstić information content (AvgIpc) is 3.91. The van der Waals surface area contributed by atoms with Crippen molar-refractivity contribution in [1.82, 2.24) is 45.8 Å². The van der Waals surface area contributed by atoms with Crippen LogP contribution in [0, 0.1) is 19.7 Å². The summed E-state index contributed by atoms with van der Waals surface area (Å²) in [4.78, 5) is 55.4. The minimum atomic E-state index is -0.527. The number of benzene rings is 2. The highest BCUT2D eigenvalue weighted by molar-refractivity contribution is 6.01. The number of rotatable bonds is 10. The summed E-state index contributed by atoms with van der Waals surface area (Å²) in [6.45, 7) is 15.7. The molecule has 4 aromatic heterocycles. The number of carbonyl (C=O) groups is 3. The first-order chi connectivity index (χ1) is 28.7. The third-order valence-electron chi connectivity index (χ3n) is 11.6. The molecule has 2 saturated heterocycles. The van der Waals surface area contributed by atoms with Crippen LogP contribution in [0.2, 0.25) is 0 Å². The summed E-state index contributed by atoms with van der Waals surface area (Å²) in [5, 5.41) is 17.3. The van der Waals surface area contributed by atoms with Crippen LogP contribution in [0.25, 0.3) is 33.4 Å². The molecule has 2 aliphatic heterocycles. The van der Waals surface area contributed by atoms with E-state index in [0.29, 0.717) is 52.2 Å². The number of anilines is 1. The average molecular weight is 813 g/mol. The second-order valence-electron chi connectivity index (χ2n) is 16.8. The lowest BCUT2D eigenvalue weighted by molar-refractivity contribution is -0.134. The lowest BCUT2D eigenvalue weighted by atomic mass is 9.89. The number of amides is 3. The number of pyridine rings is 2. The Morgan fingerprint density at radius 1 is 1.00 bits per heavy atom. The van der Waals surface area contributed by atoms with Crippen LogP contribution in [0.4, 0.5) is 10.1 Å². The fourth-order valence-electron chi connectivity index (χ4n) is 8.07. The molecule has 60 heavy (non-hydrogen) atoms. The number of H-pyrrole nitrogens is 1. The number of piperidine rings is 1. The SMILES string of the molecule is Cc1nc(CCN2CCN(c3ccc(-c4cnc5[nH]nc(-c6ccc(C(C)NC(=O)c7noc(C(C)(C)C)n7)c(C)c6F)c5c4)cc3)CC2)ccc1C1CCC(=O)NC1=O. The van der Waals surface area contributed by atoms with E-state index < -0.39 is 23.2 Å². The number of hydrogen-bond donors (Lipinski definition) is 3. The summed E-state index contributed by atoms with van der Waals surface area (Å²) in [7, 11) is 0. The number of aryl methyl sites for hydroxylation is 1. The molecule has 3 amide bonds. The van der Waals surface area contributed by atoms with E-state index in [1.54, 1.807) is 32.2 Å². The number of carbonyl (C=O) groups excluding carboxylic acids is 3. The van der Waals surface area contributed by atoms with Gasteiger partial charge in [-0.25, -0.2) is 9.37 Å². The zero-order valence-electron chi connectivity index (χ0n) is 34.7. The Morgan fingerprint density at radius 3 is 2.47 bits per heavy atom. The first-order valence-corrected chi connectivity index (χ1v) is 20.4. The predicted molar refractivity (Wildman–Crippen MR) is 225 cm³/mol. The largest absolute Gasteiger partial charge is 0.369 e. The normalized spacial score (nSPS) is 16.9. The topological polar surface area (TPSA) is 175 Å². The van der Waals surface area contributed by atoms with Crippen molar-refractivity contribution in [2.24, 2.45) is 0 Å². The van der Waals surface area contributed by atoms with Crippen LogP contribution in [-0.4, -0.2) is 85.7 Å². The van der Waals surface area contributed by atoms with Gasteiger partial charge in [-0.3, -0.25) is 34.7 Å². The van der Waals surface area contributed by atoms with E-state index in [4.69, 9.17) is 9.51 Å². The third kappa shape index (κ3) is 8.26. The van der Waals surface area contributed by atoms with Crippen molar-refractivity contribution in [3.8, 4) is 22.4 Å². The summed E-state index contributed by atoms with van der Waals surface area (Å²) in [5.74, 6) is -1.43. The molecule has 0 radical (unpaired) electrons. The Bertz CT molecular complexity index is 2590. The van der Waals surface area contributed by atoms with Gasteiger partial charge in [-0.2, -0.15) is 10.1 Å². The molecule has 3 N–H and O–H groups in total. The summed E-state index contributed by atoms with van der Waals surface area (Å²) >= 11 is 0. The number of aromatic amines is 1.